The van der Waals surface area contributed by atoms with E-state index in [9.17, 15) is 8.42 Å². The van der Waals surface area contributed by atoms with E-state index in [0.717, 1.165) is 27.2 Å². The molecule has 0 spiro atoms. The second kappa shape index (κ2) is 4.69. The number of thioether (sulfide) groups is 1. The van der Waals surface area contributed by atoms with Gasteiger partial charge in [-0.2, -0.15) is 0 Å². The highest BCUT2D eigenvalue weighted by molar-refractivity contribution is 9.10. The third kappa shape index (κ3) is 2.04. The van der Waals surface area contributed by atoms with Crippen molar-refractivity contribution in [1.82, 2.24) is 4.31 Å². The van der Waals surface area contributed by atoms with Gasteiger partial charge in [0.15, 0.2) is 0 Å². The quantitative estimate of drug-likeness (QED) is 0.644. The van der Waals surface area contributed by atoms with Crippen LogP contribution < -0.4 is 0 Å². The zero-order chi connectivity index (χ0) is 13.8. The lowest BCUT2D eigenvalue weighted by atomic mass is 10.1. The Morgan fingerprint density at radius 1 is 1.47 bits per heavy atom. The van der Waals surface area contributed by atoms with Gasteiger partial charge in [-0.05, 0) is 24.1 Å². The van der Waals surface area contributed by atoms with E-state index >= 15 is 0 Å². The molecule has 0 bridgehead atoms. The number of rotatable bonds is 0. The van der Waals surface area contributed by atoms with Crippen molar-refractivity contribution in [2.75, 3.05) is 12.8 Å². The van der Waals surface area contributed by atoms with E-state index in [4.69, 9.17) is 11.6 Å². The average molecular weight is 381 g/mol. The molecule has 2 aliphatic rings. The fourth-order valence-electron chi connectivity index (χ4n) is 2.37. The minimum Gasteiger partial charge on any atom is -0.272 e. The van der Waals surface area contributed by atoms with E-state index in [1.165, 1.54) is 4.31 Å². The lowest BCUT2D eigenvalue weighted by Crippen LogP contribution is -2.25. The second-order valence-electron chi connectivity index (χ2n) is 4.43. The third-order valence-electron chi connectivity index (χ3n) is 3.38. The molecule has 7 heteroatoms. The number of allylic oxidation sites excluding steroid dienone is 2. The fraction of sp³-hybridized carbons (Fsp3) is 0.333. The number of sulfonamides is 1. The number of benzene rings is 1. The van der Waals surface area contributed by atoms with Crippen LogP contribution in [0.5, 0.6) is 0 Å². The van der Waals surface area contributed by atoms with Crippen molar-refractivity contribution in [1.29, 1.82) is 0 Å². The molecule has 2 heterocycles. The van der Waals surface area contributed by atoms with Gasteiger partial charge in [-0.15, -0.1) is 23.4 Å². The van der Waals surface area contributed by atoms with Crippen molar-refractivity contribution >= 4 is 49.3 Å². The van der Waals surface area contributed by atoms with Crippen molar-refractivity contribution < 1.29 is 8.42 Å². The number of nitrogens with zero attached hydrogens (tertiary/aromatic N) is 1. The van der Waals surface area contributed by atoms with Crippen molar-refractivity contribution in [2.45, 2.75) is 16.7 Å². The highest BCUT2D eigenvalue weighted by atomic mass is 79.9. The molecule has 3 nitrogen and oxygen atoms in total. The molecule has 0 aromatic heterocycles. The molecule has 0 radical (unpaired) electrons. The Hall–Kier alpha value is -0.170. The van der Waals surface area contributed by atoms with E-state index in [-0.39, 0.29) is 5.38 Å². The summed E-state index contributed by atoms with van der Waals surface area (Å²) in [7, 11) is -1.91. The van der Waals surface area contributed by atoms with Crippen LogP contribution >= 0.6 is 39.3 Å². The first-order chi connectivity index (χ1) is 8.93. The normalized spacial score (nSPS) is 25.0. The van der Waals surface area contributed by atoms with Crippen LogP contribution in [0.1, 0.15) is 17.4 Å². The molecule has 0 N–H and O–H groups in total. The topological polar surface area (TPSA) is 37.4 Å². The van der Waals surface area contributed by atoms with Gasteiger partial charge in [-0.1, -0.05) is 22.0 Å². The summed E-state index contributed by atoms with van der Waals surface area (Å²) in [6, 6.07) is 5.25. The molecule has 1 aromatic rings. The highest BCUT2D eigenvalue weighted by Crippen LogP contribution is 2.49. The molecule has 1 aromatic carbocycles. The van der Waals surface area contributed by atoms with Crippen LogP contribution in [-0.2, 0) is 10.0 Å². The maximum atomic E-state index is 12.7. The summed E-state index contributed by atoms with van der Waals surface area (Å²) in [4.78, 5) is 1.26. The van der Waals surface area contributed by atoms with Gasteiger partial charge >= 0.3 is 0 Å². The predicted molar refractivity (Wildman–Crippen MR) is 81.8 cm³/mol. The Morgan fingerprint density at radius 2 is 2.21 bits per heavy atom. The smallest absolute Gasteiger partial charge is 0.264 e. The summed E-state index contributed by atoms with van der Waals surface area (Å²) in [5, 5.41) is -0.384. The zero-order valence-corrected chi connectivity index (χ0v) is 14.0. The Bertz CT molecular complexity index is 687. The maximum Gasteiger partial charge on any atom is 0.264 e. The van der Waals surface area contributed by atoms with Crippen molar-refractivity contribution in [2.24, 2.45) is 0 Å². The van der Waals surface area contributed by atoms with Crippen LogP contribution in [0.3, 0.4) is 0 Å². The minimum atomic E-state index is -3.52. The Labute approximate surface area is 130 Å². The van der Waals surface area contributed by atoms with E-state index in [2.05, 4.69) is 15.9 Å². The fourth-order valence-corrected chi connectivity index (χ4v) is 6.24. The van der Waals surface area contributed by atoms with Gasteiger partial charge in [-0.25, -0.2) is 8.42 Å². The van der Waals surface area contributed by atoms with Crippen LogP contribution in [0.25, 0.3) is 0 Å². The predicted octanol–water partition coefficient (Wildman–Crippen LogP) is 3.71. The highest BCUT2D eigenvalue weighted by Gasteiger charge is 2.38. The number of fused-ring (bicyclic) bond motifs is 1. The van der Waals surface area contributed by atoms with Crippen molar-refractivity contribution in [3.8, 4) is 0 Å². The first-order valence-electron chi connectivity index (χ1n) is 5.71. The molecule has 2 aliphatic heterocycles. The zero-order valence-electron chi connectivity index (χ0n) is 10.1. The summed E-state index contributed by atoms with van der Waals surface area (Å²) in [6.45, 7) is 0. The van der Waals surface area contributed by atoms with E-state index in [1.807, 2.05) is 6.07 Å². The molecule has 0 saturated carbocycles. The molecular weight excluding hydrogens is 370 g/mol. The van der Waals surface area contributed by atoms with Gasteiger partial charge in [0, 0.05) is 27.9 Å². The summed E-state index contributed by atoms with van der Waals surface area (Å²) < 4.78 is 27.5. The molecule has 0 fully saturated rings. The maximum absolute atomic E-state index is 12.7. The Kier molecular flexibility index (Phi) is 3.40. The van der Waals surface area contributed by atoms with Crippen molar-refractivity contribution in [3.05, 3.63) is 38.8 Å². The lowest BCUT2D eigenvalue weighted by molar-refractivity contribution is 0.518. The van der Waals surface area contributed by atoms with Gasteiger partial charge in [-0.3, -0.25) is 4.31 Å². The van der Waals surface area contributed by atoms with Gasteiger partial charge < -0.3 is 0 Å². The van der Waals surface area contributed by atoms with E-state index in [0.29, 0.717) is 10.5 Å². The van der Waals surface area contributed by atoms with E-state index in [1.54, 1.807) is 30.9 Å². The first-order valence-corrected chi connectivity index (χ1v) is 9.36. The first kappa shape index (κ1) is 13.8. The van der Waals surface area contributed by atoms with Gasteiger partial charge in [0.1, 0.15) is 0 Å². The van der Waals surface area contributed by atoms with Crippen LogP contribution in [-0.4, -0.2) is 25.5 Å². The molecule has 1 atom stereocenters. The molecule has 0 amide bonds. The second-order valence-corrected chi connectivity index (χ2v) is 8.85. The van der Waals surface area contributed by atoms with Gasteiger partial charge in [0.05, 0.1) is 10.3 Å². The number of hydrogen-bond donors (Lipinski definition) is 0. The molecule has 1 unspecified atom stereocenters. The average Bonchev–Trinajstić information content (AvgIpc) is 2.83. The number of halogens is 2. The number of hydrogen-bond acceptors (Lipinski definition) is 3. The molecule has 0 aliphatic carbocycles. The monoisotopic (exact) mass is 379 g/mol. The van der Waals surface area contributed by atoms with Gasteiger partial charge in [0.25, 0.3) is 10.0 Å². The summed E-state index contributed by atoms with van der Waals surface area (Å²) in [5.74, 6) is 0.889. The molecule has 102 valence electrons. The Morgan fingerprint density at radius 3 is 2.95 bits per heavy atom. The van der Waals surface area contributed by atoms with Crippen LogP contribution in [0.2, 0.25) is 0 Å². The van der Waals surface area contributed by atoms with Crippen LogP contribution in [0, 0.1) is 0 Å². The summed E-state index contributed by atoms with van der Waals surface area (Å²) in [5.41, 5.74) is 1.49. The molecule has 19 heavy (non-hydrogen) atoms. The number of alkyl halides is 1. The standard InChI is InChI=1S/C12H11BrClNO2S2/c1-15-9-4-5-18-12(9)11(14)8-3-2-7(13)6-10(8)19(15,16)17/h2-3,6,11H,4-5H2,1H3. The van der Waals surface area contributed by atoms with Gasteiger partial charge in [0.2, 0.25) is 0 Å². The minimum absolute atomic E-state index is 0.291. The lowest BCUT2D eigenvalue weighted by Gasteiger charge is -2.20. The Balaban J connectivity index is 2.33. The largest absolute Gasteiger partial charge is 0.272 e. The summed E-state index contributed by atoms with van der Waals surface area (Å²) in [6.07, 6.45) is 0.744. The molecule has 0 saturated heterocycles. The molecule has 3 rings (SSSR count). The molecular formula is C12H11BrClNO2S2. The van der Waals surface area contributed by atoms with Crippen LogP contribution in [0.4, 0.5) is 0 Å². The third-order valence-corrected chi connectivity index (χ3v) is 7.50. The summed E-state index contributed by atoms with van der Waals surface area (Å²) >= 11 is 11.5. The van der Waals surface area contributed by atoms with Crippen molar-refractivity contribution in [3.63, 3.8) is 0 Å². The SMILES string of the molecule is CN1C2=C(SCC2)C(Cl)c2ccc(Br)cc2S1(=O)=O. The van der Waals surface area contributed by atoms with E-state index < -0.39 is 10.0 Å². The van der Waals surface area contributed by atoms with Crippen LogP contribution in [0.15, 0.2) is 38.2 Å².